The summed E-state index contributed by atoms with van der Waals surface area (Å²) in [6.45, 7) is 0.403. The Labute approximate surface area is 196 Å². The van der Waals surface area contributed by atoms with Crippen molar-refractivity contribution in [3.63, 3.8) is 0 Å². The highest BCUT2D eigenvalue weighted by molar-refractivity contribution is 6.09. The number of ether oxygens (including phenoxy) is 1. The summed E-state index contributed by atoms with van der Waals surface area (Å²) in [5.74, 6) is -1.11. The van der Waals surface area contributed by atoms with Gasteiger partial charge in [0.15, 0.2) is 11.7 Å². The van der Waals surface area contributed by atoms with Crippen molar-refractivity contribution in [3.05, 3.63) is 36.4 Å². The van der Waals surface area contributed by atoms with Gasteiger partial charge in [0, 0.05) is 37.1 Å². The zero-order valence-corrected chi connectivity index (χ0v) is 18.4. The first-order valence-corrected chi connectivity index (χ1v) is 10.6. The largest absolute Gasteiger partial charge is 0.494 e. The summed E-state index contributed by atoms with van der Waals surface area (Å²) in [4.78, 5) is 40.7. The number of hydrogen-bond donors (Lipinski definition) is 3. The Kier molecular flexibility index (Phi) is 10.0. The Hall–Kier alpha value is -4.44. The van der Waals surface area contributed by atoms with Crippen LogP contribution in [0.15, 0.2) is 36.4 Å². The molecule has 1 aromatic carbocycles. The fourth-order valence-corrected chi connectivity index (χ4v) is 2.85. The van der Waals surface area contributed by atoms with E-state index in [1.54, 1.807) is 30.3 Å². The van der Waals surface area contributed by atoms with E-state index < -0.39 is 23.6 Å². The minimum absolute atomic E-state index is 0.0313. The third kappa shape index (κ3) is 7.92. The summed E-state index contributed by atoms with van der Waals surface area (Å²) in [5.41, 5.74) is 0.417. The monoisotopic (exact) mass is 467 g/mol. The van der Waals surface area contributed by atoms with E-state index in [4.69, 9.17) is 21.3 Å². The minimum atomic E-state index is -1.42. The molecule has 10 heteroatoms. The molecule has 10 nitrogen and oxygen atoms in total. The highest BCUT2D eigenvalue weighted by atomic mass is 16.7. The van der Waals surface area contributed by atoms with E-state index in [1.807, 2.05) is 0 Å². The highest BCUT2D eigenvalue weighted by Crippen LogP contribution is 2.19. The summed E-state index contributed by atoms with van der Waals surface area (Å²) in [6.07, 6.45) is 7.26. The van der Waals surface area contributed by atoms with Crippen molar-refractivity contribution in [2.45, 2.75) is 38.5 Å². The first kappa shape index (κ1) is 25.8. The lowest BCUT2D eigenvalue weighted by molar-refractivity contribution is -0.145. The van der Waals surface area contributed by atoms with Gasteiger partial charge in [-0.05, 0) is 43.5 Å². The van der Waals surface area contributed by atoms with Gasteiger partial charge in [-0.25, -0.2) is 4.79 Å². The summed E-state index contributed by atoms with van der Waals surface area (Å²) in [6, 6.07) is 10.6. The minimum Gasteiger partial charge on any atom is -0.494 e. The summed E-state index contributed by atoms with van der Waals surface area (Å²) >= 11 is 0. The predicted octanol–water partition coefficient (Wildman–Crippen LogP) is 2.55. The van der Waals surface area contributed by atoms with Gasteiger partial charge in [0.2, 0.25) is 17.7 Å². The van der Waals surface area contributed by atoms with Crippen LogP contribution in [0.5, 0.6) is 17.5 Å². The number of nitriles is 1. The van der Waals surface area contributed by atoms with Crippen LogP contribution in [-0.2, 0) is 14.4 Å². The summed E-state index contributed by atoms with van der Waals surface area (Å²) < 4.78 is 6.26. The molecule has 3 N–H and O–H groups in total. The van der Waals surface area contributed by atoms with E-state index in [0.29, 0.717) is 42.0 Å². The van der Waals surface area contributed by atoms with Crippen molar-refractivity contribution in [1.82, 2.24) is 4.73 Å². The number of unbranched alkanes of at least 4 members (excludes halogenated alkanes) is 2. The average Bonchev–Trinajstić information content (AvgIpc) is 3.13. The molecule has 1 atom stereocenters. The second-order valence-corrected chi connectivity index (χ2v) is 7.21. The van der Waals surface area contributed by atoms with Gasteiger partial charge >= 0.3 is 5.97 Å². The summed E-state index contributed by atoms with van der Waals surface area (Å²) in [5, 5.41) is 30.5. The van der Waals surface area contributed by atoms with Crippen LogP contribution in [0, 0.1) is 29.6 Å². The lowest BCUT2D eigenvalue weighted by atomic mass is 10.0. The Bertz CT molecular complexity index is 1060. The fourth-order valence-electron chi connectivity index (χ4n) is 2.85. The van der Waals surface area contributed by atoms with E-state index in [2.05, 4.69) is 11.2 Å². The number of carbonyl (C=O) groups excluding carboxylic acids is 3. The number of rotatable bonds is 13. The van der Waals surface area contributed by atoms with Crippen LogP contribution in [0.4, 0.5) is 5.69 Å². The van der Waals surface area contributed by atoms with Gasteiger partial charge in [0.25, 0.3) is 0 Å². The van der Waals surface area contributed by atoms with Gasteiger partial charge in [-0.15, -0.1) is 17.1 Å². The molecule has 0 spiro atoms. The summed E-state index contributed by atoms with van der Waals surface area (Å²) in [7, 11) is 0. The van der Waals surface area contributed by atoms with Crippen molar-refractivity contribution >= 4 is 23.3 Å². The lowest BCUT2D eigenvalue weighted by Gasteiger charge is -2.10. The number of aromatic nitrogens is 1. The maximum atomic E-state index is 12.2. The fraction of sp³-hybridized carbons (Fsp3) is 0.333. The number of aromatic hydroxyl groups is 2. The van der Waals surface area contributed by atoms with Crippen LogP contribution in [0.3, 0.4) is 0 Å². The Balaban J connectivity index is 1.67. The molecule has 0 bridgehead atoms. The van der Waals surface area contributed by atoms with Gasteiger partial charge in [-0.1, -0.05) is 0 Å². The Morgan fingerprint density at radius 3 is 2.32 bits per heavy atom. The average molecular weight is 467 g/mol. The van der Waals surface area contributed by atoms with Crippen LogP contribution in [0.1, 0.15) is 38.5 Å². The quantitative estimate of drug-likeness (QED) is 0.231. The number of nitrogens with zero attached hydrogens (tertiary/aromatic N) is 2. The van der Waals surface area contributed by atoms with Crippen molar-refractivity contribution in [1.29, 1.82) is 5.26 Å². The molecule has 34 heavy (non-hydrogen) atoms. The maximum Gasteiger partial charge on any atom is 0.333 e. The number of benzene rings is 1. The molecule has 0 radical (unpaired) electrons. The molecule has 0 aliphatic carbocycles. The predicted molar refractivity (Wildman–Crippen MR) is 121 cm³/mol. The molecule has 0 saturated heterocycles. The number of Topliss-reactive ketones (excluding diaryl/α,β-unsaturated/α-hetero) is 1. The normalized spacial score (nSPS) is 11.0. The third-order valence-corrected chi connectivity index (χ3v) is 4.64. The maximum absolute atomic E-state index is 12.2. The molecule has 1 aromatic heterocycles. The standard InChI is InChI=1S/C24H25N3O7/c1-2-3-7-20(28)19(16-25)24(32)26-17-9-11-18(12-10-17)33-15-6-4-5-8-23(31)34-27-21(29)13-14-22(27)30/h1,9-14,19,29-30H,3-8,15H2,(H,26,32). The number of hydrogen-bond acceptors (Lipinski definition) is 8. The SMILES string of the molecule is C#CCCC(=O)C(C#N)C(=O)Nc1ccc(OCCCCCC(=O)On2c(O)ccc2O)cc1. The number of carbonyl (C=O) groups is 3. The van der Waals surface area contributed by atoms with Gasteiger partial charge in [0.1, 0.15) is 5.75 Å². The molecule has 1 amide bonds. The zero-order chi connectivity index (χ0) is 24.9. The molecule has 0 fully saturated rings. The van der Waals surface area contributed by atoms with Crippen molar-refractivity contribution < 1.29 is 34.2 Å². The van der Waals surface area contributed by atoms with E-state index in [0.717, 1.165) is 0 Å². The van der Waals surface area contributed by atoms with E-state index in [1.165, 1.54) is 12.1 Å². The van der Waals surface area contributed by atoms with E-state index in [9.17, 15) is 24.6 Å². The zero-order valence-electron chi connectivity index (χ0n) is 18.4. The van der Waals surface area contributed by atoms with Crippen LogP contribution in [0.25, 0.3) is 0 Å². The van der Waals surface area contributed by atoms with Crippen LogP contribution in [-0.4, -0.2) is 39.2 Å². The van der Waals surface area contributed by atoms with Crippen LogP contribution in [0.2, 0.25) is 0 Å². The first-order valence-electron chi connectivity index (χ1n) is 10.6. The van der Waals surface area contributed by atoms with Crippen molar-refractivity contribution in [2.24, 2.45) is 5.92 Å². The highest BCUT2D eigenvalue weighted by Gasteiger charge is 2.25. The molecule has 0 saturated carbocycles. The molecule has 2 aromatic rings. The molecular formula is C24H25N3O7. The molecule has 178 valence electrons. The number of terminal acetylenes is 1. The second-order valence-electron chi connectivity index (χ2n) is 7.21. The molecule has 0 aliphatic heterocycles. The lowest BCUT2D eigenvalue weighted by Crippen LogP contribution is -2.28. The van der Waals surface area contributed by atoms with Crippen LogP contribution >= 0.6 is 0 Å². The molecule has 1 unspecified atom stereocenters. The van der Waals surface area contributed by atoms with Gasteiger partial charge < -0.3 is 25.1 Å². The second kappa shape index (κ2) is 13.2. The van der Waals surface area contributed by atoms with E-state index >= 15 is 0 Å². The number of nitrogens with one attached hydrogen (secondary N) is 1. The van der Waals surface area contributed by atoms with E-state index in [-0.39, 0.29) is 31.0 Å². The van der Waals surface area contributed by atoms with Crippen molar-refractivity contribution in [3.8, 4) is 35.9 Å². The smallest absolute Gasteiger partial charge is 0.333 e. The van der Waals surface area contributed by atoms with Gasteiger partial charge in [-0.2, -0.15) is 5.26 Å². The molecule has 2 rings (SSSR count). The molecule has 1 heterocycles. The first-order chi connectivity index (χ1) is 16.3. The van der Waals surface area contributed by atoms with Crippen molar-refractivity contribution in [2.75, 3.05) is 11.9 Å². The Morgan fingerprint density at radius 1 is 1.03 bits per heavy atom. The van der Waals surface area contributed by atoms with Gasteiger partial charge in [-0.3, -0.25) is 9.59 Å². The topological polar surface area (TPSA) is 151 Å². The molecular weight excluding hydrogens is 442 g/mol. The number of anilines is 1. The van der Waals surface area contributed by atoms with Gasteiger partial charge in [0.05, 0.1) is 12.7 Å². The van der Waals surface area contributed by atoms with Crippen LogP contribution < -0.4 is 14.9 Å². The number of ketones is 1. The third-order valence-electron chi connectivity index (χ3n) is 4.64. The molecule has 0 aliphatic rings. The Morgan fingerprint density at radius 2 is 1.71 bits per heavy atom. The number of amides is 1.